The number of carboxylic acid groups (broad SMARTS) is 1. The summed E-state index contributed by atoms with van der Waals surface area (Å²) in [5, 5.41) is 9.41. The highest BCUT2D eigenvalue weighted by Crippen LogP contribution is 2.44. The van der Waals surface area contributed by atoms with Crippen molar-refractivity contribution in [3.8, 4) is 0 Å². The predicted octanol–water partition coefficient (Wildman–Crippen LogP) is 0.798. The summed E-state index contributed by atoms with van der Waals surface area (Å²) >= 11 is 0. The quantitative estimate of drug-likeness (QED) is 0.568. The van der Waals surface area contributed by atoms with Gasteiger partial charge < -0.3 is 9.59 Å². The van der Waals surface area contributed by atoms with Crippen LogP contribution in [0.5, 0.6) is 0 Å². The molecule has 17 heavy (non-hydrogen) atoms. The van der Waals surface area contributed by atoms with Crippen LogP contribution in [-0.4, -0.2) is 54.5 Å². The van der Waals surface area contributed by atoms with Crippen molar-refractivity contribution in [2.24, 2.45) is 5.41 Å². The molecule has 0 bridgehead atoms. The molecule has 6 nitrogen and oxygen atoms in total. The van der Waals surface area contributed by atoms with Crippen LogP contribution in [0.4, 0.5) is 0 Å². The van der Waals surface area contributed by atoms with E-state index in [2.05, 4.69) is 0 Å². The first kappa shape index (κ1) is 16.3. The van der Waals surface area contributed by atoms with Gasteiger partial charge in [-0.1, -0.05) is 20.8 Å². The minimum absolute atomic E-state index is 0.300. The fourth-order valence-electron chi connectivity index (χ4n) is 2.53. The van der Waals surface area contributed by atoms with Crippen LogP contribution in [0.15, 0.2) is 0 Å². The smallest absolute Gasteiger partial charge is 0.385 e. The van der Waals surface area contributed by atoms with E-state index in [0.29, 0.717) is 6.42 Å². The van der Waals surface area contributed by atoms with Crippen molar-refractivity contribution >= 4 is 16.1 Å². The fourth-order valence-corrected chi connectivity index (χ4v) is 4.29. The van der Waals surface area contributed by atoms with E-state index in [1.807, 2.05) is 0 Å². The van der Waals surface area contributed by atoms with Crippen LogP contribution in [0.1, 0.15) is 27.2 Å². The number of rotatable bonds is 5. The summed E-state index contributed by atoms with van der Waals surface area (Å²) < 4.78 is 32.5. The number of hydrogen-bond donors (Lipinski definition) is 2. The maximum absolute atomic E-state index is 11.7. The Balaban J connectivity index is 6.49. The highest BCUT2D eigenvalue weighted by atomic mass is 32.2. The summed E-state index contributed by atoms with van der Waals surface area (Å²) in [4.78, 5) is 9.27. The van der Waals surface area contributed by atoms with E-state index in [1.165, 1.54) is 35.0 Å². The van der Waals surface area contributed by atoms with Gasteiger partial charge >= 0.3 is 21.0 Å². The summed E-state index contributed by atoms with van der Waals surface area (Å²) in [7, 11) is -0.449. The second kappa shape index (κ2) is 4.22. The number of likely N-dealkylation sites (N-methyl/N-ethyl adjacent to an activating group) is 1. The molecule has 0 saturated heterocycles. The van der Waals surface area contributed by atoms with E-state index >= 15 is 0 Å². The van der Waals surface area contributed by atoms with Gasteiger partial charge in [0.05, 0.1) is 21.1 Å². The van der Waals surface area contributed by atoms with Crippen molar-refractivity contribution in [1.82, 2.24) is 0 Å². The first-order valence-electron chi connectivity index (χ1n) is 5.27. The largest absolute Gasteiger partial charge is 0.476 e. The van der Waals surface area contributed by atoms with Crippen LogP contribution in [0, 0.1) is 5.41 Å². The third-order valence-corrected chi connectivity index (χ3v) is 5.43. The van der Waals surface area contributed by atoms with Crippen LogP contribution in [0.3, 0.4) is 0 Å². The normalized spacial score (nSPS) is 17.6. The van der Waals surface area contributed by atoms with Gasteiger partial charge in [-0.15, -0.1) is 0 Å². The van der Waals surface area contributed by atoms with Crippen LogP contribution in [0.2, 0.25) is 0 Å². The minimum atomic E-state index is -4.78. The zero-order valence-corrected chi connectivity index (χ0v) is 12.0. The number of quaternary nitrogens is 1. The monoisotopic (exact) mass is 268 g/mol. The van der Waals surface area contributed by atoms with Crippen molar-refractivity contribution in [1.29, 1.82) is 0 Å². The third-order valence-electron chi connectivity index (χ3n) is 3.41. The van der Waals surface area contributed by atoms with Crippen molar-refractivity contribution < 1.29 is 27.4 Å². The SMILES string of the molecule is CCC(C)(C)C(C(=O)O)([N+](C)(C)C)S(=O)(=O)O. The topological polar surface area (TPSA) is 91.7 Å². The van der Waals surface area contributed by atoms with Gasteiger partial charge in [-0.2, -0.15) is 8.42 Å². The van der Waals surface area contributed by atoms with Crippen molar-refractivity contribution in [2.45, 2.75) is 32.1 Å². The lowest BCUT2D eigenvalue weighted by atomic mass is 9.79. The van der Waals surface area contributed by atoms with Crippen LogP contribution in [0.25, 0.3) is 0 Å². The first-order chi connectivity index (χ1) is 7.25. The Bertz CT molecular complexity index is 407. The summed E-state index contributed by atoms with van der Waals surface area (Å²) in [6, 6.07) is 0. The van der Waals surface area contributed by atoms with Gasteiger partial charge in [0.1, 0.15) is 0 Å². The summed E-state index contributed by atoms with van der Waals surface area (Å²) in [5.74, 6) is -1.54. The number of nitrogens with zero attached hydrogens (tertiary/aromatic N) is 1. The maximum atomic E-state index is 11.7. The van der Waals surface area contributed by atoms with Gasteiger partial charge in [-0.3, -0.25) is 4.55 Å². The average Bonchev–Trinajstić information content (AvgIpc) is 1.97. The van der Waals surface area contributed by atoms with Gasteiger partial charge in [0.25, 0.3) is 0 Å². The molecule has 0 amide bonds. The average molecular weight is 268 g/mol. The molecule has 0 fully saturated rings. The van der Waals surface area contributed by atoms with Gasteiger partial charge in [0, 0.05) is 5.41 Å². The standard InChI is InChI=1S/C10H21NO5S/c1-7-9(2,3)10(8(12)13,11(4,5)6)17(14,15)16/h7H2,1-6H3,(H-,12,13,14,15,16)/p+1. The first-order valence-corrected chi connectivity index (χ1v) is 6.71. The zero-order valence-electron chi connectivity index (χ0n) is 11.2. The van der Waals surface area contributed by atoms with Crippen LogP contribution >= 0.6 is 0 Å². The summed E-state index contributed by atoms with van der Waals surface area (Å²) in [6.45, 7) is 4.75. The predicted molar refractivity (Wildman–Crippen MR) is 64.0 cm³/mol. The highest BCUT2D eigenvalue weighted by Gasteiger charge is 2.70. The van der Waals surface area contributed by atoms with E-state index in [9.17, 15) is 22.9 Å². The molecule has 0 aliphatic carbocycles. The lowest BCUT2D eigenvalue weighted by molar-refractivity contribution is -0.906. The number of carbonyl (C=O) groups is 1. The second-order valence-electron chi connectivity index (χ2n) is 5.67. The van der Waals surface area contributed by atoms with Crippen molar-refractivity contribution in [3.63, 3.8) is 0 Å². The molecular weight excluding hydrogens is 246 g/mol. The molecule has 102 valence electrons. The Hall–Kier alpha value is -0.660. The third kappa shape index (κ3) is 2.19. The van der Waals surface area contributed by atoms with E-state index < -0.39 is 30.9 Å². The Kier molecular flexibility index (Phi) is 4.06. The number of carboxylic acids is 1. The van der Waals surface area contributed by atoms with E-state index in [0.717, 1.165) is 0 Å². The highest BCUT2D eigenvalue weighted by molar-refractivity contribution is 7.87. The van der Waals surface area contributed by atoms with Crippen LogP contribution in [-0.2, 0) is 14.9 Å². The molecule has 0 aromatic rings. The Morgan fingerprint density at radius 2 is 1.59 bits per heavy atom. The Labute approximate surface area is 103 Å². The molecule has 0 spiro atoms. The molecule has 0 aliphatic rings. The number of aliphatic carboxylic acids is 1. The Morgan fingerprint density at radius 1 is 1.24 bits per heavy atom. The molecule has 0 aromatic carbocycles. The van der Waals surface area contributed by atoms with Gasteiger partial charge in [0.15, 0.2) is 0 Å². The van der Waals surface area contributed by atoms with Gasteiger partial charge in [0.2, 0.25) is 0 Å². The molecular formula is C10H22NO5S+. The molecule has 0 rings (SSSR count). The lowest BCUT2D eigenvalue weighted by Crippen LogP contribution is -2.72. The molecule has 1 atom stereocenters. The van der Waals surface area contributed by atoms with Crippen LogP contribution < -0.4 is 0 Å². The molecule has 2 N–H and O–H groups in total. The minimum Gasteiger partial charge on any atom is -0.476 e. The van der Waals surface area contributed by atoms with Gasteiger partial charge in [-0.25, -0.2) is 4.79 Å². The van der Waals surface area contributed by atoms with E-state index in [-0.39, 0.29) is 0 Å². The van der Waals surface area contributed by atoms with Crippen molar-refractivity contribution in [2.75, 3.05) is 21.1 Å². The van der Waals surface area contributed by atoms with E-state index in [1.54, 1.807) is 6.92 Å². The molecule has 0 saturated carbocycles. The molecule has 0 heterocycles. The van der Waals surface area contributed by atoms with Gasteiger partial charge in [-0.05, 0) is 6.42 Å². The Morgan fingerprint density at radius 3 is 1.65 bits per heavy atom. The maximum Gasteiger partial charge on any atom is 0.385 e. The second-order valence-corrected chi connectivity index (χ2v) is 7.22. The van der Waals surface area contributed by atoms with E-state index in [4.69, 9.17) is 0 Å². The molecule has 0 radical (unpaired) electrons. The number of hydrogen-bond acceptors (Lipinski definition) is 3. The lowest BCUT2D eigenvalue weighted by Gasteiger charge is -2.48. The molecule has 1 unspecified atom stereocenters. The fraction of sp³-hybridized carbons (Fsp3) is 0.900. The summed E-state index contributed by atoms with van der Waals surface area (Å²) in [5.41, 5.74) is -1.12. The molecule has 7 heteroatoms. The molecule has 0 aliphatic heterocycles. The van der Waals surface area contributed by atoms with Crippen molar-refractivity contribution in [3.05, 3.63) is 0 Å². The summed E-state index contributed by atoms with van der Waals surface area (Å²) in [6.07, 6.45) is 0.300. The molecule has 0 aromatic heterocycles. The zero-order chi connectivity index (χ0) is 14.3.